The summed E-state index contributed by atoms with van der Waals surface area (Å²) in [5.74, 6) is 1.48. The van der Waals surface area contributed by atoms with Crippen molar-refractivity contribution in [3.8, 4) is 0 Å². The van der Waals surface area contributed by atoms with E-state index in [-0.39, 0.29) is 5.54 Å². The second-order valence-corrected chi connectivity index (χ2v) is 6.91. The first-order chi connectivity index (χ1) is 7.47. The van der Waals surface area contributed by atoms with Crippen LogP contribution < -0.4 is 5.32 Å². The molecular formula is C14H27NO. The predicted molar refractivity (Wildman–Crippen MR) is 67.3 cm³/mol. The summed E-state index contributed by atoms with van der Waals surface area (Å²) in [6.07, 6.45) is 6.36. The Labute approximate surface area is 99.8 Å². The van der Waals surface area contributed by atoms with Gasteiger partial charge in [-0.15, -0.1) is 0 Å². The van der Waals surface area contributed by atoms with Gasteiger partial charge in [0.1, 0.15) is 0 Å². The van der Waals surface area contributed by atoms with Crippen molar-refractivity contribution in [3.05, 3.63) is 0 Å². The zero-order valence-electron chi connectivity index (χ0n) is 11.1. The molecule has 0 amide bonds. The Bertz CT molecular complexity index is 243. The van der Waals surface area contributed by atoms with Gasteiger partial charge in [-0.05, 0) is 55.9 Å². The third-order valence-electron chi connectivity index (χ3n) is 4.77. The van der Waals surface area contributed by atoms with E-state index in [0.717, 1.165) is 18.9 Å². The molecule has 0 aromatic rings. The fourth-order valence-corrected chi connectivity index (χ4v) is 3.16. The molecule has 0 spiro atoms. The first-order valence-corrected chi connectivity index (χ1v) is 6.83. The maximum Gasteiger partial charge on any atom is 0.0615 e. The van der Waals surface area contributed by atoms with Crippen LogP contribution in [0.25, 0.3) is 0 Å². The van der Waals surface area contributed by atoms with Gasteiger partial charge >= 0.3 is 0 Å². The Morgan fingerprint density at radius 2 is 1.94 bits per heavy atom. The van der Waals surface area contributed by atoms with E-state index >= 15 is 0 Å². The van der Waals surface area contributed by atoms with Crippen LogP contribution in [0, 0.1) is 17.3 Å². The van der Waals surface area contributed by atoms with Crippen molar-refractivity contribution in [1.82, 2.24) is 5.32 Å². The molecule has 2 aliphatic rings. The SMILES string of the molecule is CC1CC(C)(C)CCC1(CO)NCC1CC1. The number of aliphatic hydroxyl groups excluding tert-OH is 1. The molecule has 0 aliphatic heterocycles. The van der Waals surface area contributed by atoms with E-state index in [0.29, 0.717) is 17.9 Å². The van der Waals surface area contributed by atoms with Gasteiger partial charge in [0.2, 0.25) is 0 Å². The van der Waals surface area contributed by atoms with Gasteiger partial charge in [-0.3, -0.25) is 0 Å². The lowest BCUT2D eigenvalue weighted by Crippen LogP contribution is -2.57. The molecule has 16 heavy (non-hydrogen) atoms. The van der Waals surface area contributed by atoms with Crippen LogP contribution in [0.2, 0.25) is 0 Å². The van der Waals surface area contributed by atoms with Crippen molar-refractivity contribution in [2.24, 2.45) is 17.3 Å². The second-order valence-electron chi connectivity index (χ2n) is 6.91. The van der Waals surface area contributed by atoms with Crippen molar-refractivity contribution in [2.45, 2.75) is 58.4 Å². The summed E-state index contributed by atoms with van der Waals surface area (Å²) in [6, 6.07) is 0. The molecule has 2 atom stereocenters. The molecule has 2 saturated carbocycles. The minimum absolute atomic E-state index is 0.0120. The standard InChI is InChI=1S/C14H27NO/c1-11-8-13(2,3)6-7-14(11,10-16)15-9-12-4-5-12/h11-12,15-16H,4-10H2,1-3H3. The summed E-state index contributed by atoms with van der Waals surface area (Å²) in [4.78, 5) is 0. The molecule has 2 aliphatic carbocycles. The monoisotopic (exact) mass is 225 g/mol. The van der Waals surface area contributed by atoms with Crippen LogP contribution in [-0.2, 0) is 0 Å². The van der Waals surface area contributed by atoms with Crippen LogP contribution in [0.5, 0.6) is 0 Å². The quantitative estimate of drug-likeness (QED) is 0.770. The Balaban J connectivity index is 1.96. The van der Waals surface area contributed by atoms with Crippen molar-refractivity contribution < 1.29 is 5.11 Å². The van der Waals surface area contributed by atoms with Gasteiger partial charge in [0.05, 0.1) is 6.61 Å². The molecule has 94 valence electrons. The van der Waals surface area contributed by atoms with E-state index in [1.165, 1.54) is 25.7 Å². The Morgan fingerprint density at radius 3 is 2.44 bits per heavy atom. The lowest BCUT2D eigenvalue weighted by molar-refractivity contribution is 0.0273. The molecule has 0 aromatic carbocycles. The highest BCUT2D eigenvalue weighted by Crippen LogP contribution is 2.44. The summed E-state index contributed by atoms with van der Waals surface area (Å²) in [5.41, 5.74) is 0.470. The van der Waals surface area contributed by atoms with Crippen LogP contribution in [0.3, 0.4) is 0 Å². The number of aliphatic hydroxyl groups is 1. The van der Waals surface area contributed by atoms with Gasteiger partial charge in [0, 0.05) is 5.54 Å². The molecule has 2 N–H and O–H groups in total. The molecule has 0 bridgehead atoms. The number of hydrogen-bond donors (Lipinski definition) is 2. The zero-order valence-corrected chi connectivity index (χ0v) is 11.1. The third-order valence-corrected chi connectivity index (χ3v) is 4.77. The summed E-state index contributed by atoms with van der Waals surface area (Å²) in [5, 5.41) is 13.4. The lowest BCUT2D eigenvalue weighted by Gasteiger charge is -2.48. The van der Waals surface area contributed by atoms with E-state index in [9.17, 15) is 5.11 Å². The second kappa shape index (κ2) is 4.30. The summed E-state index contributed by atoms with van der Waals surface area (Å²) >= 11 is 0. The van der Waals surface area contributed by atoms with E-state index < -0.39 is 0 Å². The number of nitrogens with one attached hydrogen (secondary N) is 1. The molecular weight excluding hydrogens is 198 g/mol. The van der Waals surface area contributed by atoms with Crippen LogP contribution in [0.1, 0.15) is 52.9 Å². The van der Waals surface area contributed by atoms with Crippen LogP contribution in [0.4, 0.5) is 0 Å². The van der Waals surface area contributed by atoms with Crippen molar-refractivity contribution in [1.29, 1.82) is 0 Å². The molecule has 0 heterocycles. The maximum absolute atomic E-state index is 9.75. The molecule has 0 radical (unpaired) electrons. The summed E-state index contributed by atoms with van der Waals surface area (Å²) in [7, 11) is 0. The fraction of sp³-hybridized carbons (Fsp3) is 1.00. The zero-order chi connectivity index (χ0) is 11.8. The van der Waals surface area contributed by atoms with Crippen LogP contribution in [-0.4, -0.2) is 23.8 Å². The minimum atomic E-state index is 0.0120. The highest BCUT2D eigenvalue weighted by atomic mass is 16.3. The largest absolute Gasteiger partial charge is 0.394 e. The molecule has 2 fully saturated rings. The first kappa shape index (κ1) is 12.4. The van der Waals surface area contributed by atoms with Crippen LogP contribution in [0.15, 0.2) is 0 Å². The number of rotatable bonds is 4. The van der Waals surface area contributed by atoms with Gasteiger partial charge in [-0.1, -0.05) is 20.8 Å². The van der Waals surface area contributed by atoms with Crippen molar-refractivity contribution in [2.75, 3.05) is 13.2 Å². The smallest absolute Gasteiger partial charge is 0.0615 e. The maximum atomic E-state index is 9.75. The third kappa shape index (κ3) is 2.60. The minimum Gasteiger partial charge on any atom is -0.394 e. The molecule has 2 unspecified atom stereocenters. The van der Waals surface area contributed by atoms with Gasteiger partial charge in [-0.25, -0.2) is 0 Å². The topological polar surface area (TPSA) is 32.3 Å². The van der Waals surface area contributed by atoms with E-state index in [1.54, 1.807) is 0 Å². The highest BCUT2D eigenvalue weighted by molar-refractivity contribution is 5.00. The van der Waals surface area contributed by atoms with Gasteiger partial charge in [-0.2, -0.15) is 0 Å². The summed E-state index contributed by atoms with van der Waals surface area (Å²) in [6.45, 7) is 8.43. The van der Waals surface area contributed by atoms with Crippen molar-refractivity contribution in [3.63, 3.8) is 0 Å². The molecule has 2 nitrogen and oxygen atoms in total. The first-order valence-electron chi connectivity index (χ1n) is 6.83. The Hall–Kier alpha value is -0.0800. The van der Waals surface area contributed by atoms with Crippen molar-refractivity contribution >= 4 is 0 Å². The van der Waals surface area contributed by atoms with E-state index in [4.69, 9.17) is 0 Å². The predicted octanol–water partition coefficient (Wildman–Crippen LogP) is 2.56. The average molecular weight is 225 g/mol. The summed E-state index contributed by atoms with van der Waals surface area (Å²) < 4.78 is 0. The van der Waals surface area contributed by atoms with E-state index in [1.807, 2.05) is 0 Å². The Morgan fingerprint density at radius 1 is 1.25 bits per heavy atom. The average Bonchev–Trinajstić information content (AvgIpc) is 3.00. The van der Waals surface area contributed by atoms with Gasteiger partial charge in [0.25, 0.3) is 0 Å². The molecule has 0 saturated heterocycles. The normalized spacial score (nSPS) is 38.6. The molecule has 2 rings (SSSR count). The van der Waals surface area contributed by atoms with Crippen LogP contribution >= 0.6 is 0 Å². The van der Waals surface area contributed by atoms with Gasteiger partial charge < -0.3 is 10.4 Å². The van der Waals surface area contributed by atoms with Gasteiger partial charge in [0.15, 0.2) is 0 Å². The fourth-order valence-electron chi connectivity index (χ4n) is 3.16. The lowest BCUT2D eigenvalue weighted by atomic mass is 9.64. The number of hydrogen-bond acceptors (Lipinski definition) is 2. The highest BCUT2D eigenvalue weighted by Gasteiger charge is 2.43. The molecule has 2 heteroatoms. The molecule has 0 aromatic heterocycles. The van der Waals surface area contributed by atoms with E-state index in [2.05, 4.69) is 26.1 Å². The Kier molecular flexibility index (Phi) is 3.33.